The lowest BCUT2D eigenvalue weighted by Gasteiger charge is -2.48. The van der Waals surface area contributed by atoms with Crippen molar-refractivity contribution in [1.29, 1.82) is 0 Å². The Morgan fingerprint density at radius 2 is 1.08 bits per heavy atom. The van der Waals surface area contributed by atoms with Crippen molar-refractivity contribution in [2.24, 2.45) is 0 Å². The minimum Gasteiger partial charge on any atom is -0.394 e. The maximum Gasteiger partial charge on any atom is 0.217 e. The fourth-order valence-corrected chi connectivity index (χ4v) is 5.84. The standard InChI is InChI=1S/C26H45NO21/c1-6(31)27-11-15(35)13(33)10(5-42-25-19(39)16(36)12(32)7(2-28)44-25)46-24(11)48-22-14(34)8(3-29)45-26(20(22)40)47-21-9(4-30)43-23(41)18(38)17(21)37/h7-26,28-30,32-41H,2-5H2,1H3,(H,27,31)/t7-,8-,9-,10-,11-,12+,13-,14+,15-,16+,17-,18-,19-,20-,21-,22+,23-,24+,25-,26+/m1/s1. The lowest BCUT2D eigenvalue weighted by molar-refractivity contribution is -0.374. The van der Waals surface area contributed by atoms with Crippen LogP contribution in [0.2, 0.25) is 0 Å². The van der Waals surface area contributed by atoms with Crippen LogP contribution in [0.25, 0.3) is 0 Å². The first-order valence-electron chi connectivity index (χ1n) is 15.1. The van der Waals surface area contributed by atoms with Gasteiger partial charge in [0.25, 0.3) is 0 Å². The number of hydrogen-bond donors (Lipinski definition) is 14. The molecule has 22 nitrogen and oxygen atoms in total. The highest BCUT2D eigenvalue weighted by Gasteiger charge is 2.54. The highest BCUT2D eigenvalue weighted by molar-refractivity contribution is 5.73. The number of ether oxygens (including phenoxy) is 7. The van der Waals surface area contributed by atoms with E-state index in [1.807, 2.05) is 0 Å². The van der Waals surface area contributed by atoms with Gasteiger partial charge in [-0.05, 0) is 0 Å². The fraction of sp³-hybridized carbons (Fsp3) is 0.962. The molecule has 14 N–H and O–H groups in total. The van der Waals surface area contributed by atoms with Crippen LogP contribution in [0.1, 0.15) is 6.92 Å². The molecule has 0 radical (unpaired) electrons. The van der Waals surface area contributed by atoms with E-state index in [4.69, 9.17) is 33.2 Å². The normalized spacial score (nSPS) is 50.2. The van der Waals surface area contributed by atoms with E-state index < -0.39 is 155 Å². The van der Waals surface area contributed by atoms with Gasteiger partial charge in [0.2, 0.25) is 5.91 Å². The van der Waals surface area contributed by atoms with Crippen molar-refractivity contribution in [3.05, 3.63) is 0 Å². The molecule has 1 amide bonds. The van der Waals surface area contributed by atoms with E-state index in [0.29, 0.717) is 0 Å². The van der Waals surface area contributed by atoms with Crippen LogP contribution in [0.15, 0.2) is 0 Å². The van der Waals surface area contributed by atoms with E-state index in [9.17, 15) is 71.2 Å². The topological polar surface area (TPSA) is 357 Å². The molecular formula is C26H45NO21. The largest absolute Gasteiger partial charge is 0.394 e. The molecule has 0 spiro atoms. The molecule has 4 heterocycles. The van der Waals surface area contributed by atoms with Gasteiger partial charge in [0.15, 0.2) is 25.2 Å². The minimum atomic E-state index is -2.02. The average Bonchev–Trinajstić information content (AvgIpc) is 3.06. The van der Waals surface area contributed by atoms with Gasteiger partial charge < -0.3 is 105 Å². The van der Waals surface area contributed by atoms with Crippen molar-refractivity contribution >= 4 is 5.91 Å². The Balaban J connectivity index is 1.53. The highest BCUT2D eigenvalue weighted by Crippen LogP contribution is 2.33. The number of rotatable bonds is 11. The van der Waals surface area contributed by atoms with Crippen molar-refractivity contribution in [2.45, 2.75) is 130 Å². The van der Waals surface area contributed by atoms with Crippen LogP contribution in [-0.4, -0.2) is 221 Å². The summed E-state index contributed by atoms with van der Waals surface area (Å²) >= 11 is 0. The zero-order valence-corrected chi connectivity index (χ0v) is 25.5. The van der Waals surface area contributed by atoms with Crippen LogP contribution in [0.5, 0.6) is 0 Å². The Morgan fingerprint density at radius 1 is 0.542 bits per heavy atom. The minimum absolute atomic E-state index is 0.701. The first kappa shape index (κ1) is 39.5. The Labute approximate surface area is 272 Å². The number of carbonyl (C=O) groups excluding carboxylic acids is 1. The number of amides is 1. The van der Waals surface area contributed by atoms with Crippen molar-refractivity contribution in [3.8, 4) is 0 Å². The first-order valence-corrected chi connectivity index (χ1v) is 15.1. The van der Waals surface area contributed by atoms with E-state index in [1.54, 1.807) is 0 Å². The monoisotopic (exact) mass is 707 g/mol. The second-order valence-corrected chi connectivity index (χ2v) is 11.9. The molecule has 0 aliphatic carbocycles. The molecular weight excluding hydrogens is 662 g/mol. The molecule has 0 aromatic carbocycles. The lowest BCUT2D eigenvalue weighted by atomic mass is 9.95. The number of nitrogens with one attached hydrogen (secondary N) is 1. The second kappa shape index (κ2) is 16.8. The van der Waals surface area contributed by atoms with E-state index in [0.717, 1.165) is 6.92 Å². The highest BCUT2D eigenvalue weighted by atomic mass is 16.8. The van der Waals surface area contributed by atoms with E-state index in [2.05, 4.69) is 5.32 Å². The van der Waals surface area contributed by atoms with Gasteiger partial charge in [-0.25, -0.2) is 0 Å². The summed E-state index contributed by atoms with van der Waals surface area (Å²) in [5, 5.41) is 136. The average molecular weight is 708 g/mol. The van der Waals surface area contributed by atoms with Crippen LogP contribution in [-0.2, 0) is 38.0 Å². The summed E-state index contributed by atoms with van der Waals surface area (Å²) in [6.07, 6.45) is -33.2. The smallest absolute Gasteiger partial charge is 0.217 e. The molecule has 4 fully saturated rings. The number of carbonyl (C=O) groups is 1. The summed E-state index contributed by atoms with van der Waals surface area (Å²) in [6.45, 7) is -2.12. The van der Waals surface area contributed by atoms with Crippen molar-refractivity contribution in [3.63, 3.8) is 0 Å². The Bertz CT molecular complexity index is 1030. The summed E-state index contributed by atoms with van der Waals surface area (Å²) in [4.78, 5) is 12.0. The molecule has 0 bridgehead atoms. The van der Waals surface area contributed by atoms with Crippen LogP contribution < -0.4 is 5.32 Å². The summed E-state index contributed by atoms with van der Waals surface area (Å²) in [5.41, 5.74) is 0. The van der Waals surface area contributed by atoms with Crippen LogP contribution >= 0.6 is 0 Å². The molecule has 4 saturated heterocycles. The number of aliphatic hydroxyl groups is 13. The molecule has 22 heteroatoms. The van der Waals surface area contributed by atoms with Gasteiger partial charge in [0.1, 0.15) is 97.6 Å². The molecule has 0 aromatic heterocycles. The molecule has 0 unspecified atom stereocenters. The van der Waals surface area contributed by atoms with Gasteiger partial charge in [0, 0.05) is 6.92 Å². The Kier molecular flexibility index (Phi) is 13.8. The maximum atomic E-state index is 12.0. The van der Waals surface area contributed by atoms with Crippen molar-refractivity contribution < 1.29 is 104 Å². The van der Waals surface area contributed by atoms with Gasteiger partial charge in [-0.15, -0.1) is 0 Å². The van der Waals surface area contributed by atoms with E-state index in [1.165, 1.54) is 0 Å². The SMILES string of the molecule is CC(=O)N[C@H]1[C@H](O[C@H]2[C@@H](O)[C@@H](CO)O[C@@H](O[C@H]3[C@H](O)[C@@H](O)[C@H](O)O[C@@H]3CO)[C@@H]2O)O[C@H](CO[C@@H]2O[C@H](CO)[C@H](O)[C@H](O)[C@H]2O)[C@@H](O)[C@@H]1O. The lowest BCUT2D eigenvalue weighted by Crippen LogP contribution is -2.68. The summed E-state index contributed by atoms with van der Waals surface area (Å²) in [5.74, 6) is -0.732. The third kappa shape index (κ3) is 8.24. The molecule has 20 atom stereocenters. The van der Waals surface area contributed by atoms with Gasteiger partial charge in [-0.1, -0.05) is 0 Å². The van der Waals surface area contributed by atoms with Gasteiger partial charge in [0.05, 0.1) is 26.4 Å². The molecule has 0 aromatic rings. The fourth-order valence-electron chi connectivity index (χ4n) is 5.84. The quantitative estimate of drug-likeness (QED) is 0.0947. The predicted molar refractivity (Wildman–Crippen MR) is 145 cm³/mol. The third-order valence-corrected chi connectivity index (χ3v) is 8.59. The summed E-state index contributed by atoms with van der Waals surface area (Å²) < 4.78 is 38.3. The summed E-state index contributed by atoms with van der Waals surface area (Å²) in [6, 6.07) is -1.57. The van der Waals surface area contributed by atoms with Crippen LogP contribution in [0.4, 0.5) is 0 Å². The zero-order valence-electron chi connectivity index (χ0n) is 25.5. The van der Waals surface area contributed by atoms with Crippen molar-refractivity contribution in [2.75, 3.05) is 26.4 Å². The third-order valence-electron chi connectivity index (χ3n) is 8.59. The first-order chi connectivity index (χ1) is 22.6. The van der Waals surface area contributed by atoms with E-state index in [-0.39, 0.29) is 0 Å². The van der Waals surface area contributed by atoms with Crippen LogP contribution in [0, 0.1) is 0 Å². The van der Waals surface area contributed by atoms with Gasteiger partial charge in [-0.3, -0.25) is 4.79 Å². The Hall–Kier alpha value is -1.33. The number of aliphatic hydroxyl groups excluding tert-OH is 13. The summed E-state index contributed by atoms with van der Waals surface area (Å²) in [7, 11) is 0. The van der Waals surface area contributed by atoms with Crippen molar-refractivity contribution in [1.82, 2.24) is 5.32 Å². The molecule has 0 saturated carbocycles. The van der Waals surface area contributed by atoms with Gasteiger partial charge in [-0.2, -0.15) is 0 Å². The molecule has 280 valence electrons. The van der Waals surface area contributed by atoms with Crippen LogP contribution in [0.3, 0.4) is 0 Å². The maximum absolute atomic E-state index is 12.0. The molecule has 4 aliphatic heterocycles. The number of hydrogen-bond acceptors (Lipinski definition) is 21. The molecule has 48 heavy (non-hydrogen) atoms. The Morgan fingerprint density at radius 3 is 1.69 bits per heavy atom. The molecule has 4 rings (SSSR count). The van der Waals surface area contributed by atoms with Gasteiger partial charge >= 0.3 is 0 Å². The van der Waals surface area contributed by atoms with E-state index >= 15 is 0 Å². The second-order valence-electron chi connectivity index (χ2n) is 11.9. The predicted octanol–water partition coefficient (Wildman–Crippen LogP) is -9.61. The zero-order chi connectivity index (χ0) is 35.6. The molecule has 4 aliphatic rings.